The van der Waals surface area contributed by atoms with E-state index < -0.39 is 13.3 Å². The fourth-order valence-corrected chi connectivity index (χ4v) is 6.03. The van der Waals surface area contributed by atoms with Gasteiger partial charge in [0.15, 0.2) is 0 Å². The Kier molecular flexibility index (Phi) is 5.90. The first-order valence-corrected chi connectivity index (χ1v) is 10.1. The van der Waals surface area contributed by atoms with Gasteiger partial charge in [0.2, 0.25) is 5.91 Å². The summed E-state index contributed by atoms with van der Waals surface area (Å²) in [5.74, 6) is -0.409. The lowest BCUT2D eigenvalue weighted by atomic mass is 9.92. The molecule has 1 saturated heterocycles. The molecule has 1 aromatic carbocycles. The Morgan fingerprint density at radius 1 is 1.04 bits per heavy atom. The Morgan fingerprint density at radius 3 is 2.00 bits per heavy atom. The van der Waals surface area contributed by atoms with Gasteiger partial charge >= 0.3 is 7.60 Å². The van der Waals surface area contributed by atoms with Crippen molar-refractivity contribution in [3.8, 4) is 0 Å². The highest BCUT2D eigenvalue weighted by molar-refractivity contribution is 7.56. The van der Waals surface area contributed by atoms with E-state index in [2.05, 4.69) is 0 Å². The van der Waals surface area contributed by atoms with E-state index in [9.17, 15) is 9.36 Å². The van der Waals surface area contributed by atoms with Crippen molar-refractivity contribution >= 4 is 13.5 Å². The molecule has 0 spiro atoms. The normalized spacial score (nSPS) is 25.1. The minimum Gasteiger partial charge on any atom is -0.342 e. The second-order valence-electron chi connectivity index (χ2n) is 6.92. The molecule has 6 heteroatoms. The molecule has 3 atom stereocenters. The van der Waals surface area contributed by atoms with E-state index >= 15 is 0 Å². The number of rotatable bonds is 6. The molecule has 0 N–H and O–H groups in total. The van der Waals surface area contributed by atoms with Crippen LogP contribution in [0, 0.1) is 0 Å². The third-order valence-electron chi connectivity index (χ3n) is 4.31. The van der Waals surface area contributed by atoms with Crippen LogP contribution in [0.25, 0.3) is 0 Å². The number of amides is 1. The number of nitrogens with zero attached hydrogens (tertiary/aromatic N) is 1. The Balaban J connectivity index is 2.52. The molecule has 24 heavy (non-hydrogen) atoms. The lowest BCUT2D eigenvalue weighted by Crippen LogP contribution is -2.30. The maximum absolute atomic E-state index is 13.6. The summed E-state index contributed by atoms with van der Waals surface area (Å²) in [6.07, 6.45) is -0.583. The summed E-state index contributed by atoms with van der Waals surface area (Å²) in [5.41, 5.74) is 0.164. The van der Waals surface area contributed by atoms with Gasteiger partial charge in [-0.25, -0.2) is 0 Å². The molecule has 5 nitrogen and oxygen atoms in total. The molecule has 0 bridgehead atoms. The standard InChI is InChI=1S/C18H28NO4P/c1-12(2)22-24(21,23-13(3)4)17-16(14(5)19(6)18(17)20)15-10-8-7-9-11-15/h7-14,16-17H,1-6H3/t14-,16-,17-/m1/s1. The molecule has 0 aliphatic carbocycles. The average Bonchev–Trinajstić information content (AvgIpc) is 2.71. The van der Waals surface area contributed by atoms with Crippen LogP contribution in [0.1, 0.15) is 46.1 Å². The van der Waals surface area contributed by atoms with Crippen LogP contribution >= 0.6 is 7.60 Å². The SMILES string of the molecule is CC(C)OP(=O)(OC(C)C)[C@H]1C(=O)N(C)[C@H](C)[C@@H]1c1ccccc1. The first-order chi connectivity index (χ1) is 11.2. The number of hydrogen-bond acceptors (Lipinski definition) is 4. The number of likely N-dealkylation sites (N-methyl/N-ethyl adjacent to an activating group) is 1. The number of carbonyl (C=O) groups excluding carboxylic acids is 1. The number of benzene rings is 1. The van der Waals surface area contributed by atoms with Gasteiger partial charge in [0.05, 0.1) is 12.2 Å². The molecule has 1 amide bonds. The van der Waals surface area contributed by atoms with Crippen LogP contribution in [-0.4, -0.2) is 41.8 Å². The molecular formula is C18H28NO4P. The van der Waals surface area contributed by atoms with Gasteiger partial charge in [-0.15, -0.1) is 0 Å². The molecule has 0 unspecified atom stereocenters. The van der Waals surface area contributed by atoms with E-state index in [1.54, 1.807) is 39.6 Å². The Bertz CT molecular complexity index is 603. The zero-order valence-corrected chi connectivity index (χ0v) is 16.2. The van der Waals surface area contributed by atoms with Gasteiger partial charge in [-0.1, -0.05) is 30.3 Å². The smallest absolute Gasteiger partial charge is 0.342 e. The average molecular weight is 353 g/mol. The molecule has 2 rings (SSSR count). The Labute approximate surface area is 144 Å². The first-order valence-electron chi connectivity index (χ1n) is 8.45. The summed E-state index contributed by atoms with van der Waals surface area (Å²) in [6.45, 7) is 9.20. The van der Waals surface area contributed by atoms with Crippen molar-refractivity contribution < 1.29 is 18.4 Å². The molecule has 1 aliphatic rings. The van der Waals surface area contributed by atoms with Crippen molar-refractivity contribution in [2.24, 2.45) is 0 Å². The van der Waals surface area contributed by atoms with E-state index in [4.69, 9.17) is 9.05 Å². The summed E-state index contributed by atoms with van der Waals surface area (Å²) in [7, 11) is -1.87. The van der Waals surface area contributed by atoms with Gasteiger partial charge in [0.1, 0.15) is 5.66 Å². The number of hydrogen-bond donors (Lipinski definition) is 0. The third kappa shape index (κ3) is 3.74. The topological polar surface area (TPSA) is 55.8 Å². The Hall–Kier alpha value is -1.16. The van der Waals surface area contributed by atoms with Crippen LogP contribution < -0.4 is 0 Å². The fraction of sp³-hybridized carbons (Fsp3) is 0.611. The number of likely N-dealkylation sites (tertiary alicyclic amines) is 1. The summed E-state index contributed by atoms with van der Waals surface area (Å²) in [5, 5.41) is 0. The fourth-order valence-electron chi connectivity index (χ4n) is 3.28. The largest absolute Gasteiger partial charge is 0.344 e. The predicted octanol–water partition coefficient (Wildman–Crippen LogP) is 4.04. The minimum atomic E-state index is -3.62. The molecule has 134 valence electrons. The van der Waals surface area contributed by atoms with Gasteiger partial charge in [-0.2, -0.15) is 0 Å². The van der Waals surface area contributed by atoms with Gasteiger partial charge in [-0.3, -0.25) is 9.36 Å². The molecule has 0 radical (unpaired) electrons. The van der Waals surface area contributed by atoms with Crippen molar-refractivity contribution in [3.63, 3.8) is 0 Å². The summed E-state index contributed by atoms with van der Waals surface area (Å²) >= 11 is 0. The molecule has 1 aliphatic heterocycles. The highest BCUT2D eigenvalue weighted by atomic mass is 31.2. The first kappa shape index (κ1) is 19.2. The highest BCUT2D eigenvalue weighted by Crippen LogP contribution is 2.62. The van der Waals surface area contributed by atoms with E-state index in [0.717, 1.165) is 5.56 Å². The lowest BCUT2D eigenvalue weighted by molar-refractivity contribution is -0.127. The lowest BCUT2D eigenvalue weighted by Gasteiger charge is -2.30. The van der Waals surface area contributed by atoms with E-state index in [1.807, 2.05) is 37.3 Å². The molecule has 1 fully saturated rings. The van der Waals surface area contributed by atoms with E-state index in [-0.39, 0.29) is 30.1 Å². The van der Waals surface area contributed by atoms with Gasteiger partial charge in [0, 0.05) is 19.0 Å². The van der Waals surface area contributed by atoms with Crippen LogP contribution in [0.15, 0.2) is 30.3 Å². The maximum atomic E-state index is 13.6. The quantitative estimate of drug-likeness (QED) is 0.724. The van der Waals surface area contributed by atoms with Gasteiger partial charge < -0.3 is 13.9 Å². The van der Waals surface area contributed by atoms with Crippen molar-refractivity contribution in [1.82, 2.24) is 4.90 Å². The predicted molar refractivity (Wildman–Crippen MR) is 95.3 cm³/mol. The van der Waals surface area contributed by atoms with Crippen molar-refractivity contribution in [3.05, 3.63) is 35.9 Å². The van der Waals surface area contributed by atoms with Crippen LogP contribution in [0.5, 0.6) is 0 Å². The molecule has 1 aromatic rings. The van der Waals surface area contributed by atoms with E-state index in [1.165, 1.54) is 0 Å². The third-order valence-corrected chi connectivity index (χ3v) is 6.97. The summed E-state index contributed by atoms with van der Waals surface area (Å²) < 4.78 is 25.1. The molecule has 0 saturated carbocycles. The zero-order valence-electron chi connectivity index (χ0n) is 15.3. The maximum Gasteiger partial charge on any atom is 0.344 e. The molecule has 1 heterocycles. The monoisotopic (exact) mass is 353 g/mol. The summed E-state index contributed by atoms with van der Waals surface area (Å²) in [4.78, 5) is 14.6. The highest BCUT2D eigenvalue weighted by Gasteiger charge is 2.56. The van der Waals surface area contributed by atoms with Crippen molar-refractivity contribution in [2.45, 2.75) is 64.4 Å². The molecular weight excluding hydrogens is 325 g/mol. The van der Waals surface area contributed by atoms with Gasteiger partial charge in [0.25, 0.3) is 0 Å². The van der Waals surface area contributed by atoms with Crippen LogP contribution in [0.2, 0.25) is 0 Å². The number of carbonyl (C=O) groups is 1. The Morgan fingerprint density at radius 2 is 1.54 bits per heavy atom. The second kappa shape index (κ2) is 7.38. The van der Waals surface area contributed by atoms with E-state index in [0.29, 0.717) is 0 Å². The van der Waals surface area contributed by atoms with Crippen LogP contribution in [-0.2, 0) is 18.4 Å². The van der Waals surface area contributed by atoms with Gasteiger partial charge in [-0.05, 0) is 40.2 Å². The zero-order chi connectivity index (χ0) is 18.1. The second-order valence-corrected chi connectivity index (χ2v) is 8.98. The van der Waals surface area contributed by atoms with Crippen molar-refractivity contribution in [2.75, 3.05) is 7.05 Å². The van der Waals surface area contributed by atoms with Crippen molar-refractivity contribution in [1.29, 1.82) is 0 Å². The minimum absolute atomic E-state index is 0.0789. The molecule has 0 aromatic heterocycles. The van der Waals surface area contributed by atoms with Crippen LogP contribution in [0.4, 0.5) is 0 Å². The van der Waals surface area contributed by atoms with Crippen LogP contribution in [0.3, 0.4) is 0 Å². The summed E-state index contributed by atoms with van der Waals surface area (Å²) in [6, 6.07) is 9.65.